The van der Waals surface area contributed by atoms with Gasteiger partial charge < -0.3 is 28.4 Å². The maximum atomic E-state index is 5.87. The third-order valence-electron chi connectivity index (χ3n) is 8.70. The molecule has 0 saturated heterocycles. The van der Waals surface area contributed by atoms with E-state index >= 15 is 0 Å². The molecule has 0 aromatic heterocycles. The average molecular weight is 593 g/mol. The van der Waals surface area contributed by atoms with E-state index in [9.17, 15) is 0 Å². The molecule has 0 fully saturated rings. The SMILES string of the molecule is COCc1ccc(COC)c2cc3cc4c(COC)c5cc6c(COC)ccc(COC)c6cc5c(COC)c4cc3cc12. The van der Waals surface area contributed by atoms with E-state index in [-0.39, 0.29) is 0 Å². The average Bonchev–Trinajstić information content (AvgIpc) is 3.03. The van der Waals surface area contributed by atoms with Crippen molar-refractivity contribution in [3.05, 3.63) is 94.0 Å². The lowest BCUT2D eigenvalue weighted by Crippen LogP contribution is -2.01. The predicted molar refractivity (Wildman–Crippen MR) is 178 cm³/mol. The first-order valence-corrected chi connectivity index (χ1v) is 14.8. The minimum Gasteiger partial charge on any atom is -0.380 e. The Bertz CT molecular complexity index is 1850. The van der Waals surface area contributed by atoms with E-state index in [1.54, 1.807) is 42.7 Å². The molecule has 0 radical (unpaired) electrons. The minimum atomic E-state index is 0.481. The third kappa shape index (κ3) is 5.32. The van der Waals surface area contributed by atoms with E-state index in [2.05, 4.69) is 60.7 Å². The Hall–Kier alpha value is -3.62. The van der Waals surface area contributed by atoms with E-state index in [0.29, 0.717) is 39.6 Å². The van der Waals surface area contributed by atoms with Crippen LogP contribution in [0.25, 0.3) is 53.9 Å². The summed E-state index contributed by atoms with van der Waals surface area (Å²) in [6, 6.07) is 22.4. The van der Waals surface area contributed by atoms with Gasteiger partial charge in [-0.1, -0.05) is 24.3 Å². The van der Waals surface area contributed by atoms with Crippen LogP contribution in [-0.4, -0.2) is 42.7 Å². The lowest BCUT2D eigenvalue weighted by atomic mass is 9.86. The van der Waals surface area contributed by atoms with Crippen molar-refractivity contribution in [1.82, 2.24) is 0 Å². The first-order chi connectivity index (χ1) is 21.6. The van der Waals surface area contributed by atoms with Crippen LogP contribution in [0.2, 0.25) is 0 Å². The molecule has 0 aliphatic heterocycles. The van der Waals surface area contributed by atoms with E-state index in [1.807, 2.05) is 0 Å². The molecular weight excluding hydrogens is 552 g/mol. The Morgan fingerprint density at radius 3 is 0.864 bits per heavy atom. The summed E-state index contributed by atoms with van der Waals surface area (Å²) in [6.45, 7) is 3.11. The van der Waals surface area contributed by atoms with Crippen LogP contribution < -0.4 is 0 Å². The summed E-state index contributed by atoms with van der Waals surface area (Å²) in [5.74, 6) is 0. The molecule has 0 unspecified atom stereocenters. The van der Waals surface area contributed by atoms with Gasteiger partial charge in [-0.3, -0.25) is 0 Å². The van der Waals surface area contributed by atoms with Gasteiger partial charge in [0.25, 0.3) is 0 Å². The van der Waals surface area contributed by atoms with Gasteiger partial charge in [-0.25, -0.2) is 0 Å². The summed E-state index contributed by atoms with van der Waals surface area (Å²) < 4.78 is 34.1. The number of benzene rings is 6. The van der Waals surface area contributed by atoms with E-state index in [1.165, 1.54) is 32.3 Å². The fourth-order valence-corrected chi connectivity index (χ4v) is 6.79. The molecule has 0 aliphatic carbocycles. The van der Waals surface area contributed by atoms with Gasteiger partial charge in [-0.15, -0.1) is 0 Å². The fourth-order valence-electron chi connectivity index (χ4n) is 6.79. The first-order valence-electron chi connectivity index (χ1n) is 14.8. The normalized spacial score (nSPS) is 12.0. The van der Waals surface area contributed by atoms with Gasteiger partial charge in [0.1, 0.15) is 0 Å². The van der Waals surface area contributed by atoms with Crippen LogP contribution in [0.15, 0.2) is 60.7 Å². The zero-order chi connectivity index (χ0) is 30.8. The van der Waals surface area contributed by atoms with Crippen LogP contribution in [0.5, 0.6) is 0 Å². The van der Waals surface area contributed by atoms with Crippen LogP contribution in [0.4, 0.5) is 0 Å². The van der Waals surface area contributed by atoms with Gasteiger partial charge in [0.05, 0.1) is 39.6 Å². The second-order valence-corrected chi connectivity index (χ2v) is 11.4. The smallest absolute Gasteiger partial charge is 0.0725 e. The van der Waals surface area contributed by atoms with Crippen molar-refractivity contribution in [2.24, 2.45) is 0 Å². The van der Waals surface area contributed by atoms with Crippen molar-refractivity contribution in [3.8, 4) is 0 Å². The highest BCUT2D eigenvalue weighted by molar-refractivity contribution is 6.15. The Morgan fingerprint density at radius 1 is 0.318 bits per heavy atom. The zero-order valence-corrected chi connectivity index (χ0v) is 26.5. The van der Waals surface area contributed by atoms with E-state index in [0.717, 1.165) is 54.9 Å². The summed E-state index contributed by atoms with van der Waals surface area (Å²) in [4.78, 5) is 0. The number of rotatable bonds is 12. The van der Waals surface area contributed by atoms with Gasteiger partial charge in [-0.2, -0.15) is 0 Å². The molecule has 6 nitrogen and oxygen atoms in total. The van der Waals surface area contributed by atoms with Crippen molar-refractivity contribution < 1.29 is 28.4 Å². The summed E-state index contributed by atoms with van der Waals surface area (Å²) >= 11 is 0. The standard InChI is InChI=1S/C38H40O6/c1-39-17-23-7-8-24(18-40-2)30-12-28-14-34-33(13-27(28)11-29(23)30)37(21-43-5)35-15-31-25(19-41-3)9-10-26(20-42-4)32(31)16-36(35)38(34)22-44-6/h7-16H,17-22H2,1-6H3. The Balaban J connectivity index is 1.76. The molecule has 44 heavy (non-hydrogen) atoms. The third-order valence-corrected chi connectivity index (χ3v) is 8.70. The molecular formula is C38H40O6. The zero-order valence-electron chi connectivity index (χ0n) is 26.5. The largest absolute Gasteiger partial charge is 0.380 e. The number of methoxy groups -OCH3 is 6. The molecule has 6 aromatic rings. The topological polar surface area (TPSA) is 55.4 Å². The van der Waals surface area contributed by atoms with Gasteiger partial charge in [-0.05, 0) is 124 Å². The molecule has 0 heterocycles. The lowest BCUT2D eigenvalue weighted by molar-refractivity contribution is 0.184. The number of hydrogen-bond donors (Lipinski definition) is 0. The lowest BCUT2D eigenvalue weighted by Gasteiger charge is -2.20. The molecule has 0 aliphatic rings. The second-order valence-electron chi connectivity index (χ2n) is 11.4. The number of ether oxygens (including phenoxy) is 6. The van der Waals surface area contributed by atoms with Gasteiger partial charge in [0.15, 0.2) is 0 Å². The van der Waals surface area contributed by atoms with Crippen molar-refractivity contribution in [1.29, 1.82) is 0 Å². The molecule has 6 heteroatoms. The minimum absolute atomic E-state index is 0.481. The molecule has 228 valence electrons. The molecule has 0 saturated carbocycles. The molecule has 0 N–H and O–H groups in total. The number of hydrogen-bond acceptors (Lipinski definition) is 6. The van der Waals surface area contributed by atoms with Gasteiger partial charge >= 0.3 is 0 Å². The Morgan fingerprint density at radius 2 is 0.568 bits per heavy atom. The number of fused-ring (bicyclic) bond motifs is 5. The molecule has 0 spiro atoms. The first kappa shape index (κ1) is 30.4. The summed E-state index contributed by atoms with van der Waals surface area (Å²) in [6.07, 6.45) is 0. The van der Waals surface area contributed by atoms with Crippen LogP contribution >= 0.6 is 0 Å². The maximum Gasteiger partial charge on any atom is 0.0725 e. The van der Waals surface area contributed by atoms with Crippen molar-refractivity contribution in [3.63, 3.8) is 0 Å². The van der Waals surface area contributed by atoms with E-state index < -0.39 is 0 Å². The summed E-state index contributed by atoms with van der Waals surface area (Å²) in [5, 5.41) is 11.7. The van der Waals surface area contributed by atoms with Crippen molar-refractivity contribution >= 4 is 53.9 Å². The second kappa shape index (κ2) is 13.2. The van der Waals surface area contributed by atoms with Gasteiger partial charge in [0.2, 0.25) is 0 Å². The van der Waals surface area contributed by atoms with E-state index in [4.69, 9.17) is 28.4 Å². The summed E-state index contributed by atoms with van der Waals surface area (Å²) in [5.41, 5.74) is 6.92. The summed E-state index contributed by atoms with van der Waals surface area (Å²) in [7, 11) is 10.5. The van der Waals surface area contributed by atoms with Crippen LogP contribution in [0, 0.1) is 0 Å². The van der Waals surface area contributed by atoms with Gasteiger partial charge in [0, 0.05) is 42.7 Å². The van der Waals surface area contributed by atoms with Crippen LogP contribution in [0.1, 0.15) is 33.4 Å². The molecule has 0 atom stereocenters. The van der Waals surface area contributed by atoms with Crippen LogP contribution in [0.3, 0.4) is 0 Å². The van der Waals surface area contributed by atoms with Crippen molar-refractivity contribution in [2.75, 3.05) is 42.7 Å². The molecule has 6 aromatic carbocycles. The monoisotopic (exact) mass is 592 g/mol. The molecule has 0 bridgehead atoms. The Labute approximate surface area is 258 Å². The highest BCUT2D eigenvalue weighted by Gasteiger charge is 2.19. The highest BCUT2D eigenvalue weighted by Crippen LogP contribution is 2.41. The fraction of sp³-hybridized carbons (Fsp3) is 0.316. The maximum absolute atomic E-state index is 5.87. The Kier molecular flexibility index (Phi) is 9.10. The molecule has 0 amide bonds. The van der Waals surface area contributed by atoms with Crippen LogP contribution in [-0.2, 0) is 68.1 Å². The van der Waals surface area contributed by atoms with Crippen molar-refractivity contribution in [2.45, 2.75) is 39.6 Å². The molecule has 6 rings (SSSR count). The highest BCUT2D eigenvalue weighted by atomic mass is 16.5. The quantitative estimate of drug-likeness (QED) is 0.133. The predicted octanol–water partition coefficient (Wildman–Crippen LogP) is 8.33.